The first kappa shape index (κ1) is 28.5. The maximum atomic E-state index is 13.2. The number of piperazine rings is 1. The summed E-state index contributed by atoms with van der Waals surface area (Å²) in [5.74, 6) is 0.964. The summed E-state index contributed by atoms with van der Waals surface area (Å²) in [6.45, 7) is 6.17. The molecule has 6 rings (SSSR count). The zero-order chi connectivity index (χ0) is 29.4. The maximum Gasteiger partial charge on any atom is 0.335 e. The first-order valence-corrected chi connectivity index (χ1v) is 14.6. The highest BCUT2D eigenvalue weighted by Crippen LogP contribution is 2.32. The standard InChI is InChI=1S/C30H30Cl2N4O6/c1-18(41-26-5-3-20(31)15-22(26)32)25-6-7-27(42-25)29(37)35-11-9-34(10-12-35)17-28-33-23-4-2-19(30(38)39)14-24(23)36(28)16-21-8-13-40-21/h2-7,14-15,18,21H,8-13,16-17H2,1H3,(H,38,39)/t18-,21+/m1/s1. The lowest BCUT2D eigenvalue weighted by molar-refractivity contribution is -0.0592. The Morgan fingerprint density at radius 2 is 1.88 bits per heavy atom. The molecule has 0 saturated carbocycles. The molecule has 0 unspecified atom stereocenters. The van der Waals surface area contributed by atoms with Crippen molar-refractivity contribution in [2.45, 2.75) is 38.6 Å². The molecule has 220 valence electrons. The third kappa shape index (κ3) is 5.98. The molecule has 2 aromatic carbocycles. The number of fused-ring (bicyclic) bond motifs is 1. The lowest BCUT2D eigenvalue weighted by Crippen LogP contribution is -2.48. The number of amides is 1. The van der Waals surface area contributed by atoms with Gasteiger partial charge in [-0.2, -0.15) is 0 Å². The highest BCUT2D eigenvalue weighted by molar-refractivity contribution is 6.35. The van der Waals surface area contributed by atoms with E-state index in [1.54, 1.807) is 53.4 Å². The fraction of sp³-hybridized carbons (Fsp3) is 0.367. The number of aromatic nitrogens is 2. The number of rotatable bonds is 9. The molecule has 1 N–H and O–H groups in total. The molecule has 2 atom stereocenters. The number of furan rings is 1. The summed E-state index contributed by atoms with van der Waals surface area (Å²) in [5, 5.41) is 10.4. The predicted molar refractivity (Wildman–Crippen MR) is 156 cm³/mol. The van der Waals surface area contributed by atoms with Crippen molar-refractivity contribution in [3.63, 3.8) is 0 Å². The Hall–Kier alpha value is -3.57. The van der Waals surface area contributed by atoms with Gasteiger partial charge in [-0.15, -0.1) is 0 Å². The summed E-state index contributed by atoms with van der Waals surface area (Å²) in [5.41, 5.74) is 1.78. The smallest absolute Gasteiger partial charge is 0.335 e. The van der Waals surface area contributed by atoms with Crippen LogP contribution < -0.4 is 4.74 Å². The van der Waals surface area contributed by atoms with Gasteiger partial charge in [0.25, 0.3) is 5.91 Å². The lowest BCUT2D eigenvalue weighted by Gasteiger charge is -2.34. The number of ether oxygens (including phenoxy) is 2. The third-order valence-corrected chi connectivity index (χ3v) is 8.24. The number of aromatic carboxylic acids is 1. The van der Waals surface area contributed by atoms with Crippen LogP contribution in [0.4, 0.5) is 0 Å². The minimum Gasteiger partial charge on any atom is -0.481 e. The lowest BCUT2D eigenvalue weighted by atomic mass is 10.1. The van der Waals surface area contributed by atoms with Gasteiger partial charge in [0.1, 0.15) is 17.3 Å². The second kappa shape index (κ2) is 12.0. The molecule has 1 amide bonds. The molecule has 2 aliphatic rings. The van der Waals surface area contributed by atoms with Crippen molar-refractivity contribution in [3.05, 3.63) is 81.5 Å². The molecule has 12 heteroatoms. The van der Waals surface area contributed by atoms with Gasteiger partial charge < -0.3 is 28.5 Å². The van der Waals surface area contributed by atoms with E-state index in [0.717, 1.165) is 29.9 Å². The SMILES string of the molecule is C[C@@H](Oc1ccc(Cl)cc1Cl)c1ccc(C(=O)N2CCN(Cc3nc4ccc(C(=O)O)cc4n3C[C@@H]3CCO3)CC2)o1. The van der Waals surface area contributed by atoms with Gasteiger partial charge in [-0.1, -0.05) is 23.2 Å². The summed E-state index contributed by atoms with van der Waals surface area (Å²) in [7, 11) is 0. The molecule has 4 heterocycles. The molecular weight excluding hydrogens is 583 g/mol. The monoisotopic (exact) mass is 612 g/mol. The van der Waals surface area contributed by atoms with E-state index in [1.807, 2.05) is 6.92 Å². The Morgan fingerprint density at radius 1 is 1.10 bits per heavy atom. The Kier molecular flexibility index (Phi) is 8.13. The number of imidazole rings is 1. The molecule has 0 spiro atoms. The highest BCUT2D eigenvalue weighted by atomic mass is 35.5. The van der Waals surface area contributed by atoms with Crippen LogP contribution in [0.25, 0.3) is 11.0 Å². The van der Waals surface area contributed by atoms with Crippen LogP contribution in [0.3, 0.4) is 0 Å². The molecule has 2 saturated heterocycles. The van der Waals surface area contributed by atoms with E-state index < -0.39 is 12.1 Å². The maximum absolute atomic E-state index is 13.2. The van der Waals surface area contributed by atoms with Crippen molar-refractivity contribution in [1.82, 2.24) is 19.4 Å². The normalized spacial score (nSPS) is 18.2. The molecule has 2 fully saturated rings. The molecule has 0 aliphatic carbocycles. The van der Waals surface area contributed by atoms with Crippen molar-refractivity contribution >= 4 is 46.1 Å². The van der Waals surface area contributed by atoms with Gasteiger partial charge in [-0.05, 0) is 61.9 Å². The van der Waals surface area contributed by atoms with Crippen molar-refractivity contribution in [2.75, 3.05) is 32.8 Å². The second-order valence-electron chi connectivity index (χ2n) is 10.5. The summed E-state index contributed by atoms with van der Waals surface area (Å²) in [6.07, 6.45) is 0.601. The molecule has 4 aromatic rings. The fourth-order valence-electron chi connectivity index (χ4n) is 5.23. The first-order chi connectivity index (χ1) is 20.2. The van der Waals surface area contributed by atoms with Crippen LogP contribution in [0.5, 0.6) is 5.75 Å². The number of benzene rings is 2. The number of hydrogen-bond donors (Lipinski definition) is 1. The topological polar surface area (TPSA) is 110 Å². The van der Waals surface area contributed by atoms with E-state index in [-0.39, 0.29) is 23.3 Å². The third-order valence-electron chi connectivity index (χ3n) is 7.71. The average molecular weight is 613 g/mol. The molecule has 10 nitrogen and oxygen atoms in total. The number of nitrogens with zero attached hydrogens (tertiary/aromatic N) is 4. The van der Waals surface area contributed by atoms with Crippen LogP contribution in [0, 0.1) is 0 Å². The van der Waals surface area contributed by atoms with E-state index >= 15 is 0 Å². The van der Waals surface area contributed by atoms with Crippen molar-refractivity contribution in [3.8, 4) is 5.75 Å². The van der Waals surface area contributed by atoms with Gasteiger partial charge in [0.05, 0.1) is 40.8 Å². The van der Waals surface area contributed by atoms with Gasteiger partial charge in [-0.25, -0.2) is 9.78 Å². The summed E-state index contributed by atoms with van der Waals surface area (Å²) >= 11 is 12.2. The Balaban J connectivity index is 1.09. The number of carboxylic acid groups (broad SMARTS) is 1. The van der Waals surface area contributed by atoms with E-state index in [0.29, 0.717) is 60.8 Å². The van der Waals surface area contributed by atoms with E-state index in [2.05, 4.69) is 9.47 Å². The summed E-state index contributed by atoms with van der Waals surface area (Å²) < 4.78 is 19.5. The molecule has 42 heavy (non-hydrogen) atoms. The van der Waals surface area contributed by atoms with Crippen LogP contribution in [-0.2, 0) is 17.8 Å². The first-order valence-electron chi connectivity index (χ1n) is 13.8. The Bertz CT molecular complexity index is 1620. The van der Waals surface area contributed by atoms with Gasteiger partial charge in [-0.3, -0.25) is 9.69 Å². The highest BCUT2D eigenvalue weighted by Gasteiger charge is 2.28. The number of hydrogen-bond acceptors (Lipinski definition) is 7. The number of carboxylic acids is 1. The predicted octanol–water partition coefficient (Wildman–Crippen LogP) is 5.52. The summed E-state index contributed by atoms with van der Waals surface area (Å²) in [4.78, 5) is 33.7. The van der Waals surface area contributed by atoms with Crippen LogP contribution in [0.15, 0.2) is 52.9 Å². The Morgan fingerprint density at radius 3 is 2.57 bits per heavy atom. The van der Waals surface area contributed by atoms with E-state index in [9.17, 15) is 14.7 Å². The quantitative estimate of drug-likeness (QED) is 0.263. The second-order valence-corrected chi connectivity index (χ2v) is 11.4. The van der Waals surface area contributed by atoms with Crippen LogP contribution >= 0.6 is 23.2 Å². The fourth-order valence-corrected chi connectivity index (χ4v) is 5.69. The Labute approximate surface area is 252 Å². The van der Waals surface area contributed by atoms with Crippen molar-refractivity contribution < 1.29 is 28.6 Å². The molecule has 0 radical (unpaired) electrons. The van der Waals surface area contributed by atoms with Gasteiger partial charge in [0.2, 0.25) is 0 Å². The van der Waals surface area contributed by atoms with Gasteiger partial charge >= 0.3 is 5.97 Å². The van der Waals surface area contributed by atoms with Crippen LogP contribution in [0.2, 0.25) is 10.0 Å². The van der Waals surface area contributed by atoms with Gasteiger partial charge in [0.15, 0.2) is 11.9 Å². The molecule has 2 aromatic heterocycles. The van der Waals surface area contributed by atoms with E-state index in [1.165, 1.54) is 0 Å². The number of carbonyl (C=O) groups is 2. The average Bonchev–Trinajstić information content (AvgIpc) is 3.57. The molecule has 0 bridgehead atoms. The zero-order valence-corrected chi connectivity index (χ0v) is 24.5. The van der Waals surface area contributed by atoms with Crippen molar-refractivity contribution in [1.29, 1.82) is 0 Å². The van der Waals surface area contributed by atoms with Crippen molar-refractivity contribution in [2.24, 2.45) is 0 Å². The summed E-state index contributed by atoms with van der Waals surface area (Å²) in [6, 6.07) is 13.4. The molecular formula is C30H30Cl2N4O6. The number of carbonyl (C=O) groups excluding carboxylic acids is 1. The zero-order valence-electron chi connectivity index (χ0n) is 23.0. The van der Waals surface area contributed by atoms with Crippen LogP contribution in [-0.4, -0.2) is 75.2 Å². The largest absolute Gasteiger partial charge is 0.481 e. The minimum absolute atomic E-state index is 0.0959. The molecule has 2 aliphatic heterocycles. The van der Waals surface area contributed by atoms with E-state index in [4.69, 9.17) is 42.1 Å². The minimum atomic E-state index is -0.969. The van der Waals surface area contributed by atoms with Crippen LogP contribution in [0.1, 0.15) is 51.9 Å². The van der Waals surface area contributed by atoms with Gasteiger partial charge in [0, 0.05) is 37.8 Å². The number of halogens is 2.